The highest BCUT2D eigenvalue weighted by Gasteiger charge is 2.48. The lowest BCUT2D eigenvalue weighted by Crippen LogP contribution is -2.61. The fourth-order valence-corrected chi connectivity index (χ4v) is 5.61. The van der Waals surface area contributed by atoms with Gasteiger partial charge in [-0.15, -0.1) is 0 Å². The Bertz CT molecular complexity index is 1620. The largest absolute Gasteiger partial charge is 0.454 e. The van der Waals surface area contributed by atoms with E-state index in [0.717, 1.165) is 33.3 Å². The summed E-state index contributed by atoms with van der Waals surface area (Å²) in [5.41, 5.74) is 4.82. The van der Waals surface area contributed by atoms with Crippen LogP contribution in [0.25, 0.3) is 17.0 Å². The number of hydrogen-bond acceptors (Lipinski definition) is 5. The molecule has 0 radical (unpaired) electrons. The molecule has 1 aromatic heterocycles. The minimum Gasteiger partial charge on any atom is -0.454 e. The monoisotopic (exact) mass is 504 g/mol. The third-order valence-electron chi connectivity index (χ3n) is 7.34. The van der Waals surface area contributed by atoms with Gasteiger partial charge in [0.15, 0.2) is 11.5 Å². The van der Waals surface area contributed by atoms with Gasteiger partial charge in [0.1, 0.15) is 12.6 Å². The number of aromatic nitrogens is 1. The molecule has 0 saturated carbocycles. The van der Waals surface area contributed by atoms with E-state index >= 15 is 0 Å². The summed E-state index contributed by atoms with van der Waals surface area (Å²) in [5, 5.41) is 6.69. The molecular weight excluding hydrogens is 480 g/mol. The first-order chi connectivity index (χ1) is 18.7. The summed E-state index contributed by atoms with van der Waals surface area (Å²) in [7, 11) is 0. The Kier molecular flexibility index (Phi) is 5.25. The fourth-order valence-electron chi connectivity index (χ4n) is 5.61. The molecule has 2 amide bonds. The average molecular weight is 505 g/mol. The zero-order valence-corrected chi connectivity index (χ0v) is 20.4. The lowest BCUT2D eigenvalue weighted by Gasteiger charge is -2.45. The number of fused-ring (bicyclic) bond motifs is 5. The first-order valence-corrected chi connectivity index (χ1v) is 12.5. The SMILES string of the molecule is O=C1[C@H]2Cc3c([nH]c4ccccc34)[C@@H](c3ccc4c(c3)OCO4)N2C(=O)CN1N=CC=Cc1ccccc1. The normalized spacial score (nSPS) is 20.5. The van der Waals surface area contributed by atoms with Crippen molar-refractivity contribution in [3.63, 3.8) is 0 Å². The molecule has 3 aliphatic heterocycles. The van der Waals surface area contributed by atoms with Crippen LogP contribution in [0.5, 0.6) is 11.5 Å². The Morgan fingerprint density at radius 3 is 2.66 bits per heavy atom. The third kappa shape index (κ3) is 3.64. The van der Waals surface area contributed by atoms with E-state index in [4.69, 9.17) is 9.47 Å². The molecule has 8 nitrogen and oxygen atoms in total. The van der Waals surface area contributed by atoms with Crippen LogP contribution >= 0.6 is 0 Å². The number of aromatic amines is 1. The second-order valence-electron chi connectivity index (χ2n) is 9.53. The van der Waals surface area contributed by atoms with Crippen LogP contribution in [0.4, 0.5) is 0 Å². The number of rotatable bonds is 4. The Labute approximate surface area is 218 Å². The van der Waals surface area contributed by atoms with E-state index in [1.54, 1.807) is 17.2 Å². The van der Waals surface area contributed by atoms with E-state index < -0.39 is 12.1 Å². The number of amides is 2. The van der Waals surface area contributed by atoms with Gasteiger partial charge in [0, 0.05) is 29.2 Å². The summed E-state index contributed by atoms with van der Waals surface area (Å²) < 4.78 is 11.1. The van der Waals surface area contributed by atoms with Crippen molar-refractivity contribution >= 4 is 35.0 Å². The standard InChI is InChI=1S/C30H24N4O4/c35-27-17-33(31-14-6-9-19-7-2-1-3-8-19)30(36)24-16-22-21-10-4-5-11-23(21)32-28(22)29(34(24)27)20-12-13-25-26(15-20)38-18-37-25/h1-15,24,29,32H,16-18H2/t24-,29-/m1/s1. The number of hydrogen-bond donors (Lipinski definition) is 1. The van der Waals surface area contributed by atoms with Crippen LogP contribution in [-0.4, -0.2) is 52.3 Å². The van der Waals surface area contributed by atoms with Crippen LogP contribution in [0.3, 0.4) is 0 Å². The molecule has 1 saturated heterocycles. The summed E-state index contributed by atoms with van der Waals surface area (Å²) in [5.74, 6) is 0.944. The number of hydrazone groups is 1. The topological polar surface area (TPSA) is 87.2 Å². The maximum atomic E-state index is 13.7. The van der Waals surface area contributed by atoms with Crippen LogP contribution in [0.2, 0.25) is 0 Å². The number of nitrogens with one attached hydrogen (secondary N) is 1. The van der Waals surface area contributed by atoms with Crippen molar-refractivity contribution in [3.05, 3.63) is 101 Å². The van der Waals surface area contributed by atoms with Gasteiger partial charge in [-0.1, -0.05) is 60.7 Å². The molecule has 2 atom stereocenters. The molecule has 7 rings (SSSR count). The molecular formula is C30H24N4O4. The van der Waals surface area contributed by atoms with E-state index in [9.17, 15) is 9.59 Å². The van der Waals surface area contributed by atoms with Gasteiger partial charge in [0.25, 0.3) is 5.91 Å². The molecule has 3 aliphatic rings. The second-order valence-corrected chi connectivity index (χ2v) is 9.53. The smallest absolute Gasteiger partial charge is 0.266 e. The van der Waals surface area contributed by atoms with Gasteiger partial charge in [-0.05, 0) is 41.0 Å². The van der Waals surface area contributed by atoms with Crippen LogP contribution in [-0.2, 0) is 16.0 Å². The molecule has 0 aliphatic carbocycles. The van der Waals surface area contributed by atoms with E-state index in [0.29, 0.717) is 17.9 Å². The van der Waals surface area contributed by atoms with Gasteiger partial charge in [0.2, 0.25) is 12.7 Å². The van der Waals surface area contributed by atoms with E-state index in [1.807, 2.05) is 72.8 Å². The summed E-state index contributed by atoms with van der Waals surface area (Å²) >= 11 is 0. The summed E-state index contributed by atoms with van der Waals surface area (Å²) in [6, 6.07) is 22.4. The number of carbonyl (C=O) groups is 2. The predicted molar refractivity (Wildman–Crippen MR) is 143 cm³/mol. The van der Waals surface area contributed by atoms with Gasteiger partial charge < -0.3 is 19.4 Å². The number of carbonyl (C=O) groups excluding carboxylic acids is 2. The molecule has 1 fully saturated rings. The van der Waals surface area contributed by atoms with Crippen LogP contribution < -0.4 is 9.47 Å². The Morgan fingerprint density at radius 2 is 1.76 bits per heavy atom. The van der Waals surface area contributed by atoms with Crippen molar-refractivity contribution in [1.82, 2.24) is 14.9 Å². The molecule has 4 aromatic rings. The number of piperazine rings is 1. The van der Waals surface area contributed by atoms with E-state index in [1.165, 1.54) is 5.01 Å². The first-order valence-electron chi connectivity index (χ1n) is 12.5. The maximum absolute atomic E-state index is 13.7. The number of para-hydroxylation sites is 1. The number of allylic oxidation sites excluding steroid dienone is 1. The maximum Gasteiger partial charge on any atom is 0.266 e. The quantitative estimate of drug-likeness (QED) is 0.421. The molecule has 1 N–H and O–H groups in total. The highest BCUT2D eigenvalue weighted by molar-refractivity contribution is 5.98. The van der Waals surface area contributed by atoms with Crippen LogP contribution in [0, 0.1) is 0 Å². The molecule has 38 heavy (non-hydrogen) atoms. The van der Waals surface area contributed by atoms with Crippen molar-refractivity contribution in [2.75, 3.05) is 13.3 Å². The second kappa shape index (κ2) is 8.92. The lowest BCUT2D eigenvalue weighted by molar-refractivity contribution is -0.158. The van der Waals surface area contributed by atoms with Gasteiger partial charge in [0.05, 0.1) is 6.04 Å². The van der Waals surface area contributed by atoms with Crippen molar-refractivity contribution < 1.29 is 19.1 Å². The lowest BCUT2D eigenvalue weighted by atomic mass is 9.86. The van der Waals surface area contributed by atoms with Crippen molar-refractivity contribution in [1.29, 1.82) is 0 Å². The van der Waals surface area contributed by atoms with E-state index in [2.05, 4.69) is 16.2 Å². The molecule has 3 aromatic carbocycles. The van der Waals surface area contributed by atoms with Gasteiger partial charge in [-0.2, -0.15) is 5.10 Å². The summed E-state index contributed by atoms with van der Waals surface area (Å²) in [4.78, 5) is 32.6. The molecule has 8 heteroatoms. The first kappa shape index (κ1) is 22.4. The van der Waals surface area contributed by atoms with Gasteiger partial charge in [-0.3, -0.25) is 9.59 Å². The number of nitrogens with zero attached hydrogens (tertiary/aromatic N) is 3. The van der Waals surface area contributed by atoms with Gasteiger partial charge >= 0.3 is 0 Å². The molecule has 4 heterocycles. The number of H-pyrrole nitrogens is 1. The van der Waals surface area contributed by atoms with E-state index in [-0.39, 0.29) is 25.2 Å². The predicted octanol–water partition coefficient (Wildman–Crippen LogP) is 4.28. The fraction of sp³-hybridized carbons (Fsp3) is 0.167. The van der Waals surface area contributed by atoms with Crippen molar-refractivity contribution in [3.8, 4) is 11.5 Å². The highest BCUT2D eigenvalue weighted by Crippen LogP contribution is 2.44. The minimum atomic E-state index is -0.673. The Balaban J connectivity index is 1.26. The third-order valence-corrected chi connectivity index (χ3v) is 7.34. The van der Waals surface area contributed by atoms with Crippen LogP contribution in [0.15, 0.2) is 84.0 Å². The van der Waals surface area contributed by atoms with Gasteiger partial charge in [-0.25, -0.2) is 5.01 Å². The van der Waals surface area contributed by atoms with Crippen LogP contribution in [0.1, 0.15) is 28.4 Å². The molecule has 0 spiro atoms. The number of ether oxygens (including phenoxy) is 2. The average Bonchev–Trinajstić information content (AvgIpc) is 3.57. The highest BCUT2D eigenvalue weighted by atomic mass is 16.7. The zero-order valence-electron chi connectivity index (χ0n) is 20.4. The molecule has 188 valence electrons. The zero-order chi connectivity index (χ0) is 25.6. The summed E-state index contributed by atoms with van der Waals surface area (Å²) in [6.07, 6.45) is 5.65. The van der Waals surface area contributed by atoms with Crippen molar-refractivity contribution in [2.45, 2.75) is 18.5 Å². The summed E-state index contributed by atoms with van der Waals surface area (Å²) in [6.45, 7) is 0.0398. The van der Waals surface area contributed by atoms with Crippen molar-refractivity contribution in [2.24, 2.45) is 5.10 Å². The Morgan fingerprint density at radius 1 is 0.947 bits per heavy atom. The molecule has 0 bridgehead atoms. The number of benzene rings is 3. The Hall–Kier alpha value is -4.85. The molecule has 0 unspecified atom stereocenters. The minimum absolute atomic E-state index is 0.123.